The Labute approximate surface area is 118 Å². The van der Waals surface area contributed by atoms with Gasteiger partial charge in [0.1, 0.15) is 5.25 Å². The Hall–Kier alpha value is -1.30. The third-order valence-electron chi connectivity index (χ3n) is 2.40. The molecule has 0 aliphatic rings. The Bertz CT molecular complexity index is 393. The van der Waals surface area contributed by atoms with Gasteiger partial charge in [-0.2, -0.15) is 0 Å². The van der Waals surface area contributed by atoms with Gasteiger partial charge in [-0.15, -0.1) is 18.3 Å². The Kier molecular flexibility index (Phi) is 7.25. The van der Waals surface area contributed by atoms with Gasteiger partial charge < -0.3 is 14.8 Å². The van der Waals surface area contributed by atoms with Crippen molar-refractivity contribution >= 4 is 17.7 Å². The van der Waals surface area contributed by atoms with E-state index in [0.29, 0.717) is 6.54 Å². The lowest BCUT2D eigenvalue weighted by molar-refractivity contribution is -0.136. The van der Waals surface area contributed by atoms with E-state index in [1.54, 1.807) is 6.08 Å². The summed E-state index contributed by atoms with van der Waals surface area (Å²) in [6, 6.07) is 9.67. The normalized spacial score (nSPS) is 12.2. The van der Waals surface area contributed by atoms with Crippen molar-refractivity contribution in [2.75, 3.05) is 20.8 Å². The van der Waals surface area contributed by atoms with Gasteiger partial charge in [0.2, 0.25) is 5.91 Å². The van der Waals surface area contributed by atoms with Crippen molar-refractivity contribution in [1.82, 2.24) is 5.32 Å². The van der Waals surface area contributed by atoms with Crippen molar-refractivity contribution in [3.05, 3.63) is 43.0 Å². The number of amides is 1. The number of nitrogens with one attached hydrogen (secondary N) is 1. The lowest BCUT2D eigenvalue weighted by Crippen LogP contribution is -2.41. The number of ether oxygens (including phenoxy) is 2. The van der Waals surface area contributed by atoms with Gasteiger partial charge in [0, 0.05) is 25.7 Å². The fraction of sp³-hybridized carbons (Fsp3) is 0.357. The predicted octanol–water partition coefficient (Wildman–Crippen LogP) is 2.07. The third-order valence-corrected chi connectivity index (χ3v) is 3.63. The van der Waals surface area contributed by atoms with Crippen LogP contribution in [0.25, 0.3) is 0 Å². The van der Waals surface area contributed by atoms with E-state index in [9.17, 15) is 4.79 Å². The minimum absolute atomic E-state index is 0.137. The zero-order valence-corrected chi connectivity index (χ0v) is 12.0. The number of benzene rings is 1. The SMILES string of the molecule is C=CCNC(=O)C(Sc1ccccc1)C(OC)OC. The number of methoxy groups -OCH3 is 2. The second-order valence-corrected chi connectivity index (χ2v) is 4.94. The van der Waals surface area contributed by atoms with Crippen LogP contribution in [-0.4, -0.2) is 38.2 Å². The number of carbonyl (C=O) groups excluding carboxylic acids is 1. The zero-order chi connectivity index (χ0) is 14.1. The highest BCUT2D eigenvalue weighted by Gasteiger charge is 2.29. The van der Waals surface area contributed by atoms with Crippen molar-refractivity contribution in [3.63, 3.8) is 0 Å². The molecule has 0 radical (unpaired) electrons. The summed E-state index contributed by atoms with van der Waals surface area (Å²) in [5.41, 5.74) is 0. The standard InChI is InChI=1S/C14H19NO3S/c1-4-10-15-13(16)12(14(17-2)18-3)19-11-8-6-5-7-9-11/h4-9,12,14H,1,10H2,2-3H3,(H,15,16). The molecule has 1 aromatic carbocycles. The maximum atomic E-state index is 12.1. The minimum atomic E-state index is -0.602. The molecule has 1 unspecified atom stereocenters. The van der Waals surface area contributed by atoms with E-state index < -0.39 is 11.5 Å². The highest BCUT2D eigenvalue weighted by molar-refractivity contribution is 8.00. The molecule has 1 N–H and O–H groups in total. The molecular formula is C14H19NO3S. The molecule has 0 spiro atoms. The van der Waals surface area contributed by atoms with Crippen LogP contribution in [0.3, 0.4) is 0 Å². The van der Waals surface area contributed by atoms with Crippen LogP contribution >= 0.6 is 11.8 Å². The molecule has 4 nitrogen and oxygen atoms in total. The summed E-state index contributed by atoms with van der Waals surface area (Å²) in [5, 5.41) is 2.29. The summed E-state index contributed by atoms with van der Waals surface area (Å²) in [6.07, 6.45) is 1.03. The molecule has 104 valence electrons. The Morgan fingerprint density at radius 1 is 1.37 bits per heavy atom. The first-order chi connectivity index (χ1) is 9.22. The fourth-order valence-electron chi connectivity index (χ4n) is 1.50. The first-order valence-electron chi connectivity index (χ1n) is 5.88. The quantitative estimate of drug-likeness (QED) is 0.450. The summed E-state index contributed by atoms with van der Waals surface area (Å²) in [4.78, 5) is 13.1. The van der Waals surface area contributed by atoms with Gasteiger partial charge in [-0.25, -0.2) is 0 Å². The van der Waals surface area contributed by atoms with Gasteiger partial charge in [-0.3, -0.25) is 4.79 Å². The Morgan fingerprint density at radius 3 is 2.53 bits per heavy atom. The summed E-state index contributed by atoms with van der Waals surface area (Å²) in [7, 11) is 3.04. The highest BCUT2D eigenvalue weighted by Crippen LogP contribution is 2.26. The van der Waals surface area contributed by atoms with Gasteiger partial charge in [-0.1, -0.05) is 24.3 Å². The maximum absolute atomic E-state index is 12.1. The van der Waals surface area contributed by atoms with Gasteiger partial charge in [0.25, 0.3) is 0 Å². The number of carbonyl (C=O) groups is 1. The van der Waals surface area contributed by atoms with Gasteiger partial charge in [-0.05, 0) is 12.1 Å². The summed E-state index contributed by atoms with van der Waals surface area (Å²) >= 11 is 1.41. The van der Waals surface area contributed by atoms with E-state index in [2.05, 4.69) is 11.9 Å². The van der Waals surface area contributed by atoms with Gasteiger partial charge in [0.05, 0.1) is 0 Å². The first-order valence-corrected chi connectivity index (χ1v) is 6.76. The molecule has 0 aliphatic carbocycles. The van der Waals surface area contributed by atoms with Crippen LogP contribution in [0.4, 0.5) is 0 Å². The van der Waals surface area contributed by atoms with Crippen molar-refractivity contribution in [1.29, 1.82) is 0 Å². The largest absolute Gasteiger partial charge is 0.354 e. The summed E-state index contributed by atoms with van der Waals surface area (Å²) < 4.78 is 10.4. The van der Waals surface area contributed by atoms with Crippen LogP contribution in [0.1, 0.15) is 0 Å². The van der Waals surface area contributed by atoms with Crippen LogP contribution in [0.2, 0.25) is 0 Å². The summed E-state index contributed by atoms with van der Waals surface area (Å²) in [5.74, 6) is -0.137. The van der Waals surface area contributed by atoms with Crippen molar-refractivity contribution in [2.45, 2.75) is 16.4 Å². The number of hydrogen-bond donors (Lipinski definition) is 1. The van der Waals surface area contributed by atoms with Crippen molar-refractivity contribution in [2.24, 2.45) is 0 Å². The van der Waals surface area contributed by atoms with Crippen LogP contribution in [-0.2, 0) is 14.3 Å². The van der Waals surface area contributed by atoms with E-state index in [4.69, 9.17) is 9.47 Å². The van der Waals surface area contributed by atoms with Crippen molar-refractivity contribution < 1.29 is 14.3 Å². The zero-order valence-electron chi connectivity index (χ0n) is 11.2. The van der Waals surface area contributed by atoms with E-state index >= 15 is 0 Å². The average Bonchev–Trinajstić information content (AvgIpc) is 2.46. The highest BCUT2D eigenvalue weighted by atomic mass is 32.2. The molecule has 0 saturated heterocycles. The molecule has 0 fully saturated rings. The van der Waals surface area contributed by atoms with E-state index in [0.717, 1.165) is 4.90 Å². The number of rotatable bonds is 8. The molecule has 1 aromatic rings. The molecule has 1 amide bonds. The second-order valence-electron chi connectivity index (χ2n) is 3.73. The Morgan fingerprint density at radius 2 is 2.00 bits per heavy atom. The second kappa shape index (κ2) is 8.74. The van der Waals surface area contributed by atoms with Crippen LogP contribution in [0, 0.1) is 0 Å². The average molecular weight is 281 g/mol. The third kappa shape index (κ3) is 5.06. The van der Waals surface area contributed by atoms with E-state index in [1.165, 1.54) is 26.0 Å². The molecule has 0 aliphatic heterocycles. The molecule has 1 rings (SSSR count). The first kappa shape index (κ1) is 15.8. The molecular weight excluding hydrogens is 262 g/mol. The fourth-order valence-corrected chi connectivity index (χ4v) is 2.63. The van der Waals surface area contributed by atoms with E-state index in [1.807, 2.05) is 30.3 Å². The maximum Gasteiger partial charge on any atom is 0.238 e. The number of thioether (sulfide) groups is 1. The molecule has 0 bridgehead atoms. The smallest absolute Gasteiger partial charge is 0.238 e. The molecule has 0 aromatic heterocycles. The molecule has 1 atom stereocenters. The molecule has 0 saturated carbocycles. The summed E-state index contributed by atoms with van der Waals surface area (Å²) in [6.45, 7) is 4.00. The molecule has 0 heterocycles. The van der Waals surface area contributed by atoms with Gasteiger partial charge in [0.15, 0.2) is 6.29 Å². The van der Waals surface area contributed by atoms with E-state index in [-0.39, 0.29) is 5.91 Å². The lowest BCUT2D eigenvalue weighted by atomic mass is 10.3. The predicted molar refractivity (Wildman–Crippen MR) is 77.1 cm³/mol. The van der Waals surface area contributed by atoms with Crippen LogP contribution < -0.4 is 5.32 Å². The molecule has 19 heavy (non-hydrogen) atoms. The number of hydrogen-bond acceptors (Lipinski definition) is 4. The topological polar surface area (TPSA) is 47.6 Å². The lowest BCUT2D eigenvalue weighted by Gasteiger charge is -2.23. The monoisotopic (exact) mass is 281 g/mol. The van der Waals surface area contributed by atoms with Crippen LogP contribution in [0.15, 0.2) is 47.9 Å². The van der Waals surface area contributed by atoms with Crippen LogP contribution in [0.5, 0.6) is 0 Å². The van der Waals surface area contributed by atoms with Crippen molar-refractivity contribution in [3.8, 4) is 0 Å². The van der Waals surface area contributed by atoms with Gasteiger partial charge >= 0.3 is 0 Å². The Balaban J connectivity index is 2.79. The minimum Gasteiger partial charge on any atom is -0.354 e. The molecule has 5 heteroatoms.